The van der Waals surface area contributed by atoms with Crippen molar-refractivity contribution in [3.05, 3.63) is 82.7 Å². The fourth-order valence-corrected chi connectivity index (χ4v) is 3.06. The van der Waals surface area contributed by atoms with Crippen molar-refractivity contribution in [3.8, 4) is 0 Å². The van der Waals surface area contributed by atoms with E-state index >= 15 is 0 Å². The van der Waals surface area contributed by atoms with Crippen molar-refractivity contribution in [2.45, 2.75) is 33.2 Å². The molecule has 0 spiro atoms. The molecule has 1 heterocycles. The maximum atomic E-state index is 12.7. The van der Waals surface area contributed by atoms with Crippen LogP contribution in [0.5, 0.6) is 0 Å². The molecule has 0 aliphatic rings. The third-order valence-corrected chi connectivity index (χ3v) is 4.52. The number of alkyl halides is 3. The van der Waals surface area contributed by atoms with E-state index in [9.17, 15) is 18.0 Å². The molecule has 5 nitrogen and oxygen atoms in total. The summed E-state index contributed by atoms with van der Waals surface area (Å²) in [4.78, 5) is 12.7. The van der Waals surface area contributed by atoms with E-state index in [1.54, 1.807) is 18.2 Å². The predicted octanol–water partition coefficient (Wildman–Crippen LogP) is 4.88. The number of hydrogen-bond donors (Lipinski definition) is 1. The molecule has 0 saturated carbocycles. The molecule has 0 saturated heterocycles. The van der Waals surface area contributed by atoms with Crippen LogP contribution in [0.3, 0.4) is 0 Å². The molecular weight excluding hydrogens is 395 g/mol. The number of benzene rings is 2. The summed E-state index contributed by atoms with van der Waals surface area (Å²) in [6, 6.07) is 16.2. The van der Waals surface area contributed by atoms with Crippen molar-refractivity contribution in [1.29, 1.82) is 0 Å². The first-order valence-corrected chi connectivity index (χ1v) is 9.35. The summed E-state index contributed by atoms with van der Waals surface area (Å²) in [5.41, 5.74) is 4.02. The van der Waals surface area contributed by atoms with Crippen LogP contribution in [0.1, 0.15) is 32.9 Å². The van der Waals surface area contributed by atoms with Crippen LogP contribution in [-0.2, 0) is 17.9 Å². The Morgan fingerprint density at radius 1 is 1.07 bits per heavy atom. The normalized spacial score (nSPS) is 11.5. The first kappa shape index (κ1) is 21.6. The molecule has 1 aromatic heterocycles. The van der Waals surface area contributed by atoms with Gasteiger partial charge in [-0.3, -0.25) is 9.48 Å². The lowest BCUT2D eigenvalue weighted by Crippen LogP contribution is -2.17. The monoisotopic (exact) mass is 417 g/mol. The number of aryl methyl sites for hydroxylation is 1. The van der Waals surface area contributed by atoms with Crippen molar-refractivity contribution in [2.75, 3.05) is 11.9 Å². The summed E-state index contributed by atoms with van der Waals surface area (Å²) in [5, 5.41) is 7.37. The third kappa shape index (κ3) is 5.70. The Morgan fingerprint density at radius 3 is 2.47 bits per heavy atom. The molecule has 8 heteroatoms. The summed E-state index contributed by atoms with van der Waals surface area (Å²) in [7, 11) is 0. The van der Waals surface area contributed by atoms with Crippen LogP contribution in [0.2, 0.25) is 0 Å². The van der Waals surface area contributed by atoms with Crippen molar-refractivity contribution in [1.82, 2.24) is 9.78 Å². The second-order valence-electron chi connectivity index (χ2n) is 6.95. The maximum Gasteiger partial charge on any atom is 0.411 e. The topological polar surface area (TPSA) is 56.2 Å². The molecule has 3 rings (SSSR count). The van der Waals surface area contributed by atoms with Crippen LogP contribution in [0.4, 0.5) is 18.9 Å². The molecule has 0 bridgehead atoms. The Bertz CT molecular complexity index is 1010. The van der Waals surface area contributed by atoms with Gasteiger partial charge in [-0.2, -0.15) is 18.3 Å². The largest absolute Gasteiger partial charge is 0.411 e. The van der Waals surface area contributed by atoms with Gasteiger partial charge in [0.15, 0.2) is 0 Å². The Balaban J connectivity index is 1.69. The quantitative estimate of drug-likeness (QED) is 0.596. The molecule has 158 valence electrons. The number of nitrogens with one attached hydrogen (secondary N) is 1. The summed E-state index contributed by atoms with van der Waals surface area (Å²) in [6.45, 7) is 2.71. The van der Waals surface area contributed by atoms with E-state index in [4.69, 9.17) is 0 Å². The van der Waals surface area contributed by atoms with Crippen LogP contribution in [0.15, 0.2) is 54.6 Å². The zero-order chi connectivity index (χ0) is 21.7. The van der Waals surface area contributed by atoms with Gasteiger partial charge < -0.3 is 10.1 Å². The van der Waals surface area contributed by atoms with E-state index in [0.717, 1.165) is 11.3 Å². The molecule has 0 fully saturated rings. The number of aromatic nitrogens is 2. The van der Waals surface area contributed by atoms with Crippen molar-refractivity contribution in [3.63, 3.8) is 0 Å². The van der Waals surface area contributed by atoms with Gasteiger partial charge in [0, 0.05) is 5.56 Å². The molecule has 0 aliphatic carbocycles. The van der Waals surface area contributed by atoms with Crippen molar-refractivity contribution < 1.29 is 22.7 Å². The molecule has 0 radical (unpaired) electrons. The molecule has 2 aromatic carbocycles. The minimum absolute atomic E-state index is 0.228. The van der Waals surface area contributed by atoms with Gasteiger partial charge in [-0.1, -0.05) is 42.5 Å². The molecular formula is C22H22F3N3O2. The summed E-state index contributed by atoms with van der Waals surface area (Å²) < 4.78 is 43.2. The molecule has 0 unspecified atom stereocenters. The summed E-state index contributed by atoms with van der Waals surface area (Å²) in [5.74, 6) is -0.363. The van der Waals surface area contributed by atoms with E-state index in [0.29, 0.717) is 29.1 Å². The third-order valence-electron chi connectivity index (χ3n) is 4.52. The zero-order valence-corrected chi connectivity index (χ0v) is 16.7. The fourth-order valence-electron chi connectivity index (χ4n) is 3.06. The standard InChI is InChI=1S/C22H22F3N3O2/c1-15-20(16(2)28(27-15)12-17-7-4-3-5-8-17)26-21(29)19-10-6-9-18(11-19)13-30-14-22(23,24)25/h3-11H,12-14H2,1-2H3,(H,26,29). The first-order valence-electron chi connectivity index (χ1n) is 9.35. The van der Waals surface area contributed by atoms with Crippen molar-refractivity contribution >= 4 is 11.6 Å². The van der Waals surface area contributed by atoms with E-state index < -0.39 is 12.8 Å². The average molecular weight is 417 g/mol. The van der Waals surface area contributed by atoms with Gasteiger partial charge in [-0.25, -0.2) is 0 Å². The number of hydrogen-bond acceptors (Lipinski definition) is 3. The van der Waals surface area contributed by atoms with Crippen molar-refractivity contribution in [2.24, 2.45) is 0 Å². The van der Waals surface area contributed by atoms with E-state index in [1.165, 1.54) is 6.07 Å². The Kier molecular flexibility index (Phi) is 6.56. The smallest absolute Gasteiger partial charge is 0.367 e. The Labute approximate surface area is 172 Å². The predicted molar refractivity (Wildman–Crippen MR) is 107 cm³/mol. The Morgan fingerprint density at radius 2 is 1.77 bits per heavy atom. The molecule has 0 atom stereocenters. The van der Waals surface area contributed by atoms with Crippen LogP contribution < -0.4 is 5.32 Å². The number of nitrogens with zero attached hydrogens (tertiary/aromatic N) is 2. The highest BCUT2D eigenvalue weighted by atomic mass is 19.4. The minimum atomic E-state index is -4.38. The van der Waals surface area contributed by atoms with Gasteiger partial charge in [0.25, 0.3) is 5.91 Å². The number of halogens is 3. The number of rotatable bonds is 7. The minimum Gasteiger partial charge on any atom is -0.367 e. The molecule has 1 amide bonds. The van der Waals surface area contributed by atoms with Gasteiger partial charge in [0.05, 0.1) is 30.2 Å². The second kappa shape index (κ2) is 9.13. The summed E-state index contributed by atoms with van der Waals surface area (Å²) >= 11 is 0. The average Bonchev–Trinajstić information content (AvgIpc) is 2.95. The second-order valence-corrected chi connectivity index (χ2v) is 6.95. The van der Waals surface area contributed by atoms with Crippen LogP contribution in [-0.4, -0.2) is 28.5 Å². The lowest BCUT2D eigenvalue weighted by molar-refractivity contribution is -0.176. The van der Waals surface area contributed by atoms with E-state index in [2.05, 4.69) is 15.2 Å². The number of anilines is 1. The lowest BCUT2D eigenvalue weighted by Gasteiger charge is -2.10. The van der Waals surface area contributed by atoms with Crippen LogP contribution in [0.25, 0.3) is 0 Å². The molecule has 3 aromatic rings. The highest BCUT2D eigenvalue weighted by Crippen LogP contribution is 2.22. The summed E-state index contributed by atoms with van der Waals surface area (Å²) in [6.07, 6.45) is -4.38. The number of carbonyl (C=O) groups excluding carboxylic acids is 1. The zero-order valence-electron chi connectivity index (χ0n) is 16.7. The fraction of sp³-hybridized carbons (Fsp3) is 0.273. The highest BCUT2D eigenvalue weighted by molar-refractivity contribution is 6.05. The molecule has 0 aliphatic heterocycles. The van der Waals surface area contributed by atoms with Crippen LogP contribution in [0, 0.1) is 13.8 Å². The molecule has 30 heavy (non-hydrogen) atoms. The van der Waals surface area contributed by atoms with Gasteiger partial charge in [0.2, 0.25) is 0 Å². The highest BCUT2D eigenvalue weighted by Gasteiger charge is 2.27. The van der Waals surface area contributed by atoms with Gasteiger partial charge in [0.1, 0.15) is 6.61 Å². The van der Waals surface area contributed by atoms with E-state index in [-0.39, 0.29) is 12.5 Å². The number of carbonyl (C=O) groups is 1. The van der Waals surface area contributed by atoms with Gasteiger partial charge in [-0.05, 0) is 37.1 Å². The molecule has 1 N–H and O–H groups in total. The SMILES string of the molecule is Cc1nn(Cc2ccccc2)c(C)c1NC(=O)c1cccc(COCC(F)(F)F)c1. The number of ether oxygens (including phenoxy) is 1. The first-order chi connectivity index (χ1) is 14.2. The Hall–Kier alpha value is -3.13. The van der Waals surface area contributed by atoms with E-state index in [1.807, 2.05) is 48.9 Å². The van der Waals surface area contributed by atoms with Gasteiger partial charge >= 0.3 is 6.18 Å². The lowest BCUT2D eigenvalue weighted by atomic mass is 10.1. The van der Waals surface area contributed by atoms with Gasteiger partial charge in [-0.15, -0.1) is 0 Å². The van der Waals surface area contributed by atoms with Crippen LogP contribution >= 0.6 is 0 Å². The number of amides is 1. The maximum absolute atomic E-state index is 12.7.